The van der Waals surface area contributed by atoms with E-state index in [0.29, 0.717) is 34.6 Å². The zero-order chi connectivity index (χ0) is 16.5. The lowest BCUT2D eigenvalue weighted by Gasteiger charge is -2.12. The van der Waals surface area contributed by atoms with Crippen LogP contribution in [0.15, 0.2) is 22.7 Å². The summed E-state index contributed by atoms with van der Waals surface area (Å²) >= 11 is 23.1. The Labute approximate surface area is 148 Å². The Hall–Kier alpha value is -0.810. The van der Waals surface area contributed by atoms with Gasteiger partial charge in [0, 0.05) is 25.5 Å². The molecule has 0 radical (unpaired) electrons. The first-order valence-corrected chi connectivity index (χ1v) is 7.80. The van der Waals surface area contributed by atoms with E-state index in [-0.39, 0.29) is 23.7 Å². The maximum atomic E-state index is 10.6. The first-order valence-electron chi connectivity index (χ1n) is 6.29. The van der Waals surface area contributed by atoms with Crippen molar-refractivity contribution in [1.29, 1.82) is 0 Å². The fraction of sp³-hybridized carbons (Fsp3) is 0.357. The van der Waals surface area contributed by atoms with E-state index in [0.717, 1.165) is 0 Å². The lowest BCUT2D eigenvalue weighted by Crippen LogP contribution is -2.06. The Bertz CT molecular complexity index is 519. The summed E-state index contributed by atoms with van der Waals surface area (Å²) in [4.78, 5) is 10.6. The van der Waals surface area contributed by atoms with Crippen LogP contribution in [-0.4, -0.2) is 25.8 Å². The second kappa shape index (κ2) is 10.1. The minimum Gasteiger partial charge on any atom is -0.490 e. The molecular weight excluding hydrogens is 374 g/mol. The number of rotatable bonds is 8. The molecule has 0 fully saturated rings. The van der Waals surface area contributed by atoms with Gasteiger partial charge in [-0.3, -0.25) is 4.79 Å². The smallest absolute Gasteiger partial charge is 0.302 e. The molecule has 0 N–H and O–H groups in total. The Morgan fingerprint density at radius 2 is 1.77 bits per heavy atom. The molecule has 0 aliphatic carbocycles. The van der Waals surface area contributed by atoms with Crippen LogP contribution in [0.1, 0.15) is 13.3 Å². The predicted molar refractivity (Wildman–Crippen MR) is 88.5 cm³/mol. The van der Waals surface area contributed by atoms with Crippen LogP contribution in [0.2, 0.25) is 10.0 Å². The lowest BCUT2D eigenvalue weighted by molar-refractivity contribution is -0.141. The summed E-state index contributed by atoms with van der Waals surface area (Å²) in [5.74, 6) is 0.487. The number of halogens is 4. The summed E-state index contributed by atoms with van der Waals surface area (Å²) in [7, 11) is 0. The molecule has 0 amide bonds. The lowest BCUT2D eigenvalue weighted by atomic mass is 10.3. The van der Waals surface area contributed by atoms with E-state index in [1.165, 1.54) is 13.0 Å². The molecule has 4 nitrogen and oxygen atoms in total. The third-order valence-electron chi connectivity index (χ3n) is 2.30. The molecular formula is C14H14Cl4O4. The largest absolute Gasteiger partial charge is 0.490 e. The molecule has 1 aromatic carbocycles. The number of hydrogen-bond acceptors (Lipinski definition) is 4. The van der Waals surface area contributed by atoms with E-state index >= 15 is 0 Å². The van der Waals surface area contributed by atoms with E-state index in [1.807, 2.05) is 0 Å². The van der Waals surface area contributed by atoms with Crippen LogP contribution in [0, 0.1) is 0 Å². The van der Waals surface area contributed by atoms with E-state index in [2.05, 4.69) is 0 Å². The van der Waals surface area contributed by atoms with Crippen molar-refractivity contribution in [3.05, 3.63) is 32.7 Å². The van der Waals surface area contributed by atoms with E-state index in [1.54, 1.807) is 12.1 Å². The SMILES string of the molecule is CC(=O)OCCCOc1c(Cl)cc(OCC=C(Cl)Cl)cc1Cl. The molecule has 1 aromatic rings. The number of carbonyl (C=O) groups excluding carboxylic acids is 1. The zero-order valence-electron chi connectivity index (χ0n) is 11.7. The Balaban J connectivity index is 2.54. The van der Waals surface area contributed by atoms with Gasteiger partial charge in [0.05, 0.1) is 23.3 Å². The van der Waals surface area contributed by atoms with Crippen molar-refractivity contribution in [2.24, 2.45) is 0 Å². The number of benzene rings is 1. The van der Waals surface area contributed by atoms with Gasteiger partial charge in [-0.25, -0.2) is 0 Å². The standard InChI is InChI=1S/C14H14Cl4O4/c1-9(19)20-4-2-5-22-14-11(15)7-10(8-12(14)16)21-6-3-13(17)18/h3,7-8H,2,4-6H2,1H3. The van der Waals surface area contributed by atoms with Gasteiger partial charge in [-0.2, -0.15) is 0 Å². The molecule has 0 aliphatic rings. The number of carbonyl (C=O) groups is 1. The molecule has 122 valence electrons. The van der Waals surface area contributed by atoms with Crippen molar-refractivity contribution in [2.75, 3.05) is 19.8 Å². The first kappa shape index (κ1) is 19.2. The maximum Gasteiger partial charge on any atom is 0.302 e. The molecule has 22 heavy (non-hydrogen) atoms. The Morgan fingerprint density at radius 3 is 2.32 bits per heavy atom. The van der Waals surface area contributed by atoms with E-state index in [9.17, 15) is 4.79 Å². The summed E-state index contributed by atoms with van der Waals surface area (Å²) < 4.78 is 15.8. The van der Waals surface area contributed by atoms with Gasteiger partial charge in [0.2, 0.25) is 0 Å². The molecule has 0 saturated heterocycles. The number of ether oxygens (including phenoxy) is 3. The highest BCUT2D eigenvalue weighted by atomic mass is 35.5. The van der Waals surface area contributed by atoms with Crippen LogP contribution >= 0.6 is 46.4 Å². The molecule has 0 aliphatic heterocycles. The van der Waals surface area contributed by atoms with Crippen LogP contribution < -0.4 is 9.47 Å². The number of esters is 1. The van der Waals surface area contributed by atoms with E-state index in [4.69, 9.17) is 60.6 Å². The van der Waals surface area contributed by atoms with E-state index < -0.39 is 0 Å². The second-order valence-electron chi connectivity index (χ2n) is 4.06. The van der Waals surface area contributed by atoms with Crippen LogP contribution in [0.25, 0.3) is 0 Å². The fourth-order valence-corrected chi connectivity index (χ4v) is 2.11. The third-order valence-corrected chi connectivity index (χ3v) is 3.17. The third kappa shape index (κ3) is 7.45. The molecule has 0 heterocycles. The highest BCUT2D eigenvalue weighted by molar-refractivity contribution is 6.55. The zero-order valence-corrected chi connectivity index (χ0v) is 14.7. The molecule has 0 unspecified atom stereocenters. The van der Waals surface area contributed by atoms with Crippen molar-refractivity contribution in [3.8, 4) is 11.5 Å². The molecule has 0 saturated carbocycles. The monoisotopic (exact) mass is 386 g/mol. The topological polar surface area (TPSA) is 44.8 Å². The molecule has 8 heteroatoms. The normalized spacial score (nSPS) is 10.0. The van der Waals surface area contributed by atoms with Crippen LogP contribution in [-0.2, 0) is 9.53 Å². The van der Waals surface area contributed by atoms with Crippen LogP contribution in [0.3, 0.4) is 0 Å². The van der Waals surface area contributed by atoms with Gasteiger partial charge < -0.3 is 14.2 Å². The predicted octanol–water partition coefficient (Wildman–Crippen LogP) is 5.02. The summed E-state index contributed by atoms with van der Waals surface area (Å²) in [6.07, 6.45) is 2.02. The molecule has 1 rings (SSSR count). The average Bonchev–Trinajstić information content (AvgIpc) is 2.40. The minimum atomic E-state index is -0.330. The van der Waals surface area contributed by atoms with Gasteiger partial charge >= 0.3 is 5.97 Å². The molecule has 0 bridgehead atoms. The fourth-order valence-electron chi connectivity index (χ4n) is 1.41. The van der Waals surface area contributed by atoms with Crippen molar-refractivity contribution in [1.82, 2.24) is 0 Å². The summed E-state index contributed by atoms with van der Waals surface area (Å²) in [5.41, 5.74) is 0. The molecule has 0 aromatic heterocycles. The van der Waals surface area contributed by atoms with Crippen LogP contribution in [0.4, 0.5) is 0 Å². The number of hydrogen-bond donors (Lipinski definition) is 0. The summed E-state index contributed by atoms with van der Waals surface area (Å²) in [6, 6.07) is 3.15. The van der Waals surface area contributed by atoms with Gasteiger partial charge in [-0.1, -0.05) is 46.4 Å². The van der Waals surface area contributed by atoms with Gasteiger partial charge in [0.25, 0.3) is 0 Å². The Kier molecular flexibility index (Phi) is 8.79. The van der Waals surface area contributed by atoms with Crippen molar-refractivity contribution in [3.63, 3.8) is 0 Å². The van der Waals surface area contributed by atoms with Crippen molar-refractivity contribution >= 4 is 52.4 Å². The highest BCUT2D eigenvalue weighted by Gasteiger charge is 2.10. The van der Waals surface area contributed by atoms with Gasteiger partial charge in [-0.15, -0.1) is 0 Å². The van der Waals surface area contributed by atoms with Gasteiger partial charge in [0.1, 0.15) is 16.8 Å². The maximum absolute atomic E-state index is 10.6. The van der Waals surface area contributed by atoms with Crippen LogP contribution in [0.5, 0.6) is 11.5 Å². The minimum absolute atomic E-state index is 0.116. The van der Waals surface area contributed by atoms with Crippen molar-refractivity contribution < 1.29 is 19.0 Å². The summed E-state index contributed by atoms with van der Waals surface area (Å²) in [5, 5.41) is 0.631. The second-order valence-corrected chi connectivity index (χ2v) is 5.89. The van der Waals surface area contributed by atoms with Gasteiger partial charge in [-0.05, 0) is 6.08 Å². The highest BCUT2D eigenvalue weighted by Crippen LogP contribution is 2.37. The van der Waals surface area contributed by atoms with Gasteiger partial charge in [0.15, 0.2) is 5.75 Å². The molecule has 0 atom stereocenters. The van der Waals surface area contributed by atoms with Crippen molar-refractivity contribution in [2.45, 2.75) is 13.3 Å². The quantitative estimate of drug-likeness (QED) is 0.463. The summed E-state index contributed by atoms with van der Waals surface area (Å²) in [6.45, 7) is 2.13. The molecule has 0 spiro atoms. The first-order chi connectivity index (χ1) is 10.4. The average molecular weight is 388 g/mol. The Morgan fingerprint density at radius 1 is 1.14 bits per heavy atom.